The van der Waals surface area contributed by atoms with E-state index >= 15 is 0 Å². The van der Waals surface area contributed by atoms with Gasteiger partial charge in [-0.25, -0.2) is 4.39 Å². The Morgan fingerprint density at radius 2 is 1.12 bits per heavy atom. The summed E-state index contributed by atoms with van der Waals surface area (Å²) >= 11 is 0. The second-order valence-electron chi connectivity index (χ2n) is 7.59. The zero-order valence-electron chi connectivity index (χ0n) is 18.0. The molecule has 32 heavy (non-hydrogen) atoms. The number of rotatable bonds is 3. The summed E-state index contributed by atoms with van der Waals surface area (Å²) in [5.41, 5.74) is 5.14. The molecule has 0 saturated carbocycles. The number of allylic oxidation sites excluding steroid dienone is 2. The monoisotopic (exact) mass is 414 g/mol. The predicted molar refractivity (Wildman–Crippen MR) is 132 cm³/mol. The van der Waals surface area contributed by atoms with Crippen LogP contribution in [0.3, 0.4) is 0 Å². The molecular formula is C31H23F. The molecule has 0 aliphatic rings. The number of halogens is 1. The zero-order valence-corrected chi connectivity index (χ0v) is 18.0. The van der Waals surface area contributed by atoms with E-state index in [-0.39, 0.29) is 5.82 Å². The standard InChI is InChI=1S/C31H23F/c1-2-3-4-5-24-6-8-25(9-7-24)10-11-26-12-14-27(15-13-26)16-17-28-18-19-30-23-31(32)21-20-29(30)22-28/h2-3,6-9,12-15,18-23H,4-5H2,1H3/b3-2+. The predicted octanol–water partition coefficient (Wildman–Crippen LogP) is 7.29. The molecule has 0 spiro atoms. The van der Waals surface area contributed by atoms with Gasteiger partial charge in [0, 0.05) is 22.3 Å². The van der Waals surface area contributed by atoms with E-state index < -0.39 is 0 Å². The van der Waals surface area contributed by atoms with Crippen LogP contribution in [0.5, 0.6) is 0 Å². The van der Waals surface area contributed by atoms with E-state index in [4.69, 9.17) is 0 Å². The molecule has 0 unspecified atom stereocenters. The molecule has 154 valence electrons. The molecule has 4 aromatic rings. The number of benzene rings is 4. The van der Waals surface area contributed by atoms with Crippen molar-refractivity contribution in [3.63, 3.8) is 0 Å². The average molecular weight is 415 g/mol. The van der Waals surface area contributed by atoms with Gasteiger partial charge in [0.1, 0.15) is 5.82 Å². The van der Waals surface area contributed by atoms with Gasteiger partial charge in [-0.1, -0.05) is 60.1 Å². The minimum atomic E-state index is -0.225. The van der Waals surface area contributed by atoms with Crippen LogP contribution in [0.25, 0.3) is 10.8 Å². The minimum Gasteiger partial charge on any atom is -0.207 e. The van der Waals surface area contributed by atoms with Gasteiger partial charge in [0.2, 0.25) is 0 Å². The fourth-order valence-electron chi connectivity index (χ4n) is 3.39. The van der Waals surface area contributed by atoms with Gasteiger partial charge in [-0.05, 0) is 96.8 Å². The lowest BCUT2D eigenvalue weighted by atomic mass is 10.1. The Hall–Kier alpha value is -4.07. The lowest BCUT2D eigenvalue weighted by molar-refractivity contribution is 0.630. The summed E-state index contributed by atoms with van der Waals surface area (Å²) in [5, 5.41) is 1.86. The molecule has 1 heteroatoms. The van der Waals surface area contributed by atoms with Gasteiger partial charge in [-0.3, -0.25) is 0 Å². The first-order valence-corrected chi connectivity index (χ1v) is 10.7. The molecule has 0 aliphatic carbocycles. The van der Waals surface area contributed by atoms with Gasteiger partial charge in [0.15, 0.2) is 0 Å². The van der Waals surface area contributed by atoms with Crippen LogP contribution in [-0.4, -0.2) is 0 Å². The molecule has 0 aromatic heterocycles. The van der Waals surface area contributed by atoms with Gasteiger partial charge in [0.05, 0.1) is 0 Å². The van der Waals surface area contributed by atoms with E-state index in [0.29, 0.717) is 0 Å². The second-order valence-corrected chi connectivity index (χ2v) is 7.59. The molecule has 4 aromatic carbocycles. The molecule has 0 amide bonds. The topological polar surface area (TPSA) is 0 Å². The van der Waals surface area contributed by atoms with E-state index in [9.17, 15) is 4.39 Å². The van der Waals surface area contributed by atoms with Crippen molar-refractivity contribution < 1.29 is 4.39 Å². The van der Waals surface area contributed by atoms with Crippen LogP contribution in [-0.2, 0) is 6.42 Å². The summed E-state index contributed by atoms with van der Waals surface area (Å²) in [6.45, 7) is 2.05. The lowest BCUT2D eigenvalue weighted by Gasteiger charge is -1.99. The van der Waals surface area contributed by atoms with E-state index in [2.05, 4.69) is 60.1 Å². The summed E-state index contributed by atoms with van der Waals surface area (Å²) in [6.07, 6.45) is 6.39. The van der Waals surface area contributed by atoms with Gasteiger partial charge in [0.25, 0.3) is 0 Å². The lowest BCUT2D eigenvalue weighted by Crippen LogP contribution is -1.84. The Bertz CT molecular complexity index is 1370. The highest BCUT2D eigenvalue weighted by Gasteiger charge is 1.97. The largest absolute Gasteiger partial charge is 0.207 e. The molecule has 0 N–H and O–H groups in total. The molecule has 4 rings (SSSR count). The maximum absolute atomic E-state index is 13.3. The summed E-state index contributed by atoms with van der Waals surface area (Å²) in [7, 11) is 0. The highest BCUT2D eigenvalue weighted by atomic mass is 19.1. The Morgan fingerprint density at radius 3 is 1.75 bits per heavy atom. The number of hydrogen-bond donors (Lipinski definition) is 0. The van der Waals surface area contributed by atoms with Crippen molar-refractivity contribution in [2.24, 2.45) is 0 Å². The van der Waals surface area contributed by atoms with Crippen molar-refractivity contribution in [1.82, 2.24) is 0 Å². The Kier molecular flexibility index (Phi) is 6.81. The third-order valence-electron chi connectivity index (χ3n) is 5.18. The van der Waals surface area contributed by atoms with Gasteiger partial charge in [-0.15, -0.1) is 0 Å². The molecule has 0 atom stereocenters. The van der Waals surface area contributed by atoms with Gasteiger partial charge >= 0.3 is 0 Å². The first-order chi connectivity index (χ1) is 15.7. The SMILES string of the molecule is C/C=C/CCc1ccc(C#Cc2ccc(C#Cc3ccc4cc(F)ccc4c3)cc2)cc1. The van der Waals surface area contributed by atoms with E-state index in [0.717, 1.165) is 45.9 Å². The van der Waals surface area contributed by atoms with Gasteiger partial charge < -0.3 is 0 Å². The quantitative estimate of drug-likeness (QED) is 0.244. The number of aryl methyl sites for hydroxylation is 1. The molecule has 0 nitrogen and oxygen atoms in total. The van der Waals surface area contributed by atoms with Crippen molar-refractivity contribution in [3.8, 4) is 23.7 Å². The molecule has 0 aliphatic heterocycles. The number of hydrogen-bond acceptors (Lipinski definition) is 0. The van der Waals surface area contributed by atoms with Crippen LogP contribution in [0, 0.1) is 29.5 Å². The fraction of sp³-hybridized carbons (Fsp3) is 0.0968. The highest BCUT2D eigenvalue weighted by Crippen LogP contribution is 2.17. The minimum absolute atomic E-state index is 0.225. The highest BCUT2D eigenvalue weighted by molar-refractivity contribution is 5.84. The van der Waals surface area contributed by atoms with E-state index in [1.165, 1.54) is 17.7 Å². The van der Waals surface area contributed by atoms with Crippen LogP contribution in [0.2, 0.25) is 0 Å². The maximum atomic E-state index is 13.3. The van der Waals surface area contributed by atoms with Crippen LogP contribution in [0.1, 0.15) is 41.2 Å². The molecule has 0 radical (unpaired) electrons. The van der Waals surface area contributed by atoms with Crippen LogP contribution in [0.4, 0.5) is 4.39 Å². The van der Waals surface area contributed by atoms with Crippen molar-refractivity contribution in [3.05, 3.63) is 131 Å². The smallest absolute Gasteiger partial charge is 0.123 e. The van der Waals surface area contributed by atoms with Crippen molar-refractivity contribution in [2.75, 3.05) is 0 Å². The summed E-state index contributed by atoms with van der Waals surface area (Å²) in [4.78, 5) is 0. The van der Waals surface area contributed by atoms with Gasteiger partial charge in [-0.2, -0.15) is 0 Å². The second kappa shape index (κ2) is 10.3. The Labute approximate surface area is 189 Å². The summed E-state index contributed by atoms with van der Waals surface area (Å²) in [5.74, 6) is 12.6. The maximum Gasteiger partial charge on any atom is 0.123 e. The first-order valence-electron chi connectivity index (χ1n) is 10.7. The fourth-order valence-corrected chi connectivity index (χ4v) is 3.39. The van der Waals surface area contributed by atoms with Crippen molar-refractivity contribution >= 4 is 10.8 Å². The molecule has 0 fully saturated rings. The molecule has 0 heterocycles. The zero-order chi connectivity index (χ0) is 22.2. The summed E-state index contributed by atoms with van der Waals surface area (Å²) < 4.78 is 13.3. The van der Waals surface area contributed by atoms with Crippen LogP contribution >= 0.6 is 0 Å². The molecular weight excluding hydrogens is 391 g/mol. The van der Waals surface area contributed by atoms with E-state index in [1.54, 1.807) is 6.07 Å². The molecule has 0 bridgehead atoms. The van der Waals surface area contributed by atoms with Crippen molar-refractivity contribution in [1.29, 1.82) is 0 Å². The van der Waals surface area contributed by atoms with E-state index in [1.807, 2.05) is 49.4 Å². The third-order valence-corrected chi connectivity index (χ3v) is 5.18. The Morgan fingerprint density at radius 1 is 0.625 bits per heavy atom. The molecule has 0 saturated heterocycles. The normalized spacial score (nSPS) is 10.4. The van der Waals surface area contributed by atoms with Crippen LogP contribution < -0.4 is 0 Å². The summed E-state index contributed by atoms with van der Waals surface area (Å²) in [6, 6.07) is 27.0. The first kappa shape index (κ1) is 21.2. The number of fused-ring (bicyclic) bond motifs is 1. The van der Waals surface area contributed by atoms with Crippen LogP contribution in [0.15, 0.2) is 97.1 Å². The Balaban J connectivity index is 1.42. The third kappa shape index (κ3) is 5.75. The van der Waals surface area contributed by atoms with Crippen molar-refractivity contribution in [2.45, 2.75) is 19.8 Å². The average Bonchev–Trinajstić information content (AvgIpc) is 2.83.